The van der Waals surface area contributed by atoms with Gasteiger partial charge in [0.25, 0.3) is 0 Å². The van der Waals surface area contributed by atoms with Gasteiger partial charge in [-0.05, 0) is 42.8 Å². The molecular formula is C20H16ClN5O. The number of halogens is 1. The molecule has 7 heteroatoms. The first-order valence-electron chi connectivity index (χ1n) is 8.33. The zero-order valence-corrected chi connectivity index (χ0v) is 15.2. The highest BCUT2D eigenvalue weighted by atomic mass is 35.5. The Bertz CT molecular complexity index is 1110. The molecule has 0 aliphatic heterocycles. The van der Waals surface area contributed by atoms with Gasteiger partial charge in [-0.1, -0.05) is 29.8 Å². The molecule has 2 aromatic heterocycles. The lowest BCUT2D eigenvalue weighted by Crippen LogP contribution is -2.20. The van der Waals surface area contributed by atoms with Crippen LogP contribution in [-0.4, -0.2) is 20.4 Å². The van der Waals surface area contributed by atoms with Crippen LogP contribution in [0.15, 0.2) is 67.1 Å². The van der Waals surface area contributed by atoms with Gasteiger partial charge < -0.3 is 10.6 Å². The number of rotatable bonds is 3. The minimum atomic E-state index is -0.339. The summed E-state index contributed by atoms with van der Waals surface area (Å²) in [6.07, 6.45) is 5.49. The van der Waals surface area contributed by atoms with E-state index >= 15 is 0 Å². The molecule has 2 amide bonds. The zero-order chi connectivity index (χ0) is 18.8. The third-order valence-corrected chi connectivity index (χ3v) is 4.58. The first-order chi connectivity index (χ1) is 13.1. The van der Waals surface area contributed by atoms with Gasteiger partial charge in [-0.3, -0.25) is 4.40 Å². The molecule has 0 saturated carbocycles. The second-order valence-corrected chi connectivity index (χ2v) is 6.43. The molecule has 0 atom stereocenters. The number of nitrogens with zero attached hydrogens (tertiary/aromatic N) is 3. The fraction of sp³-hybridized carbons (Fsp3) is 0.0500. The lowest BCUT2D eigenvalue weighted by Gasteiger charge is -2.11. The summed E-state index contributed by atoms with van der Waals surface area (Å²) in [5, 5.41) is 6.26. The fourth-order valence-corrected chi connectivity index (χ4v) is 2.93. The van der Waals surface area contributed by atoms with Crippen LogP contribution < -0.4 is 10.6 Å². The van der Waals surface area contributed by atoms with Gasteiger partial charge in [-0.15, -0.1) is 0 Å². The summed E-state index contributed by atoms with van der Waals surface area (Å²) in [5.41, 5.74) is 3.82. The molecule has 0 spiro atoms. The first kappa shape index (κ1) is 17.1. The van der Waals surface area contributed by atoms with E-state index in [2.05, 4.69) is 20.6 Å². The summed E-state index contributed by atoms with van der Waals surface area (Å²) in [7, 11) is 0. The summed E-state index contributed by atoms with van der Waals surface area (Å²) in [4.78, 5) is 21.1. The number of carbonyl (C=O) groups is 1. The molecule has 134 valence electrons. The van der Waals surface area contributed by atoms with E-state index in [0.717, 1.165) is 16.8 Å². The number of carbonyl (C=O) groups excluding carboxylic acids is 1. The van der Waals surface area contributed by atoms with Crippen molar-refractivity contribution in [3.8, 4) is 11.3 Å². The van der Waals surface area contributed by atoms with E-state index in [1.807, 2.05) is 54.0 Å². The van der Waals surface area contributed by atoms with Crippen molar-refractivity contribution in [2.45, 2.75) is 6.92 Å². The highest BCUT2D eigenvalue weighted by Gasteiger charge is 2.09. The Morgan fingerprint density at radius 1 is 1.11 bits per heavy atom. The van der Waals surface area contributed by atoms with Gasteiger partial charge in [0.15, 0.2) is 0 Å². The highest BCUT2D eigenvalue weighted by molar-refractivity contribution is 6.31. The molecule has 2 N–H and O–H groups in total. The van der Waals surface area contributed by atoms with Crippen LogP contribution in [0.4, 0.5) is 16.2 Å². The quantitative estimate of drug-likeness (QED) is 0.527. The van der Waals surface area contributed by atoms with Crippen molar-refractivity contribution < 1.29 is 4.79 Å². The van der Waals surface area contributed by atoms with Crippen LogP contribution in [-0.2, 0) is 0 Å². The molecular weight excluding hydrogens is 362 g/mol. The number of fused-ring (bicyclic) bond motifs is 1. The maximum Gasteiger partial charge on any atom is 0.323 e. The van der Waals surface area contributed by atoms with Crippen LogP contribution >= 0.6 is 11.6 Å². The molecule has 6 nitrogen and oxygen atoms in total. The maximum atomic E-state index is 12.3. The van der Waals surface area contributed by atoms with Gasteiger partial charge in [-0.2, -0.15) is 0 Å². The number of hydrogen-bond donors (Lipinski definition) is 2. The van der Waals surface area contributed by atoms with Crippen molar-refractivity contribution in [2.75, 3.05) is 10.6 Å². The second kappa shape index (κ2) is 7.09. The lowest BCUT2D eigenvalue weighted by molar-refractivity contribution is 0.262. The molecule has 0 aliphatic carbocycles. The Labute approximate surface area is 160 Å². The molecule has 0 bridgehead atoms. The minimum absolute atomic E-state index is 0.339. The van der Waals surface area contributed by atoms with E-state index < -0.39 is 0 Å². The van der Waals surface area contributed by atoms with Crippen LogP contribution in [0.25, 0.3) is 17.0 Å². The number of benzene rings is 2. The van der Waals surface area contributed by atoms with E-state index in [4.69, 9.17) is 11.6 Å². The Hall–Kier alpha value is -3.38. The summed E-state index contributed by atoms with van der Waals surface area (Å²) in [6, 6.07) is 14.4. The lowest BCUT2D eigenvalue weighted by atomic mass is 10.1. The third-order valence-electron chi connectivity index (χ3n) is 4.17. The molecule has 4 aromatic rings. The van der Waals surface area contributed by atoms with Gasteiger partial charge in [0.05, 0.1) is 5.69 Å². The molecule has 2 heterocycles. The molecule has 0 aliphatic rings. The number of urea groups is 1. The number of imidazole rings is 1. The number of nitrogens with one attached hydrogen (secondary N) is 2. The maximum absolute atomic E-state index is 12.3. The van der Waals surface area contributed by atoms with Crippen LogP contribution in [0.1, 0.15) is 5.56 Å². The van der Waals surface area contributed by atoms with E-state index in [-0.39, 0.29) is 6.03 Å². The van der Waals surface area contributed by atoms with Crippen LogP contribution in [0.2, 0.25) is 5.02 Å². The average molecular weight is 378 g/mol. The predicted molar refractivity (Wildman–Crippen MR) is 107 cm³/mol. The SMILES string of the molecule is Cc1c(Cl)cccc1NC(=O)Nc1cccc(-c2cn3cccnc3n2)c1. The number of amides is 2. The Balaban J connectivity index is 1.54. The molecule has 0 fully saturated rings. The summed E-state index contributed by atoms with van der Waals surface area (Å²) < 4.78 is 1.85. The van der Waals surface area contributed by atoms with E-state index in [1.165, 1.54) is 0 Å². The van der Waals surface area contributed by atoms with Crippen molar-refractivity contribution in [3.05, 3.63) is 77.7 Å². The topological polar surface area (TPSA) is 71.3 Å². The normalized spacial score (nSPS) is 10.7. The van der Waals surface area contributed by atoms with Crippen LogP contribution in [0.3, 0.4) is 0 Å². The van der Waals surface area contributed by atoms with Gasteiger partial charge in [-0.25, -0.2) is 14.8 Å². The minimum Gasteiger partial charge on any atom is -0.308 e. The van der Waals surface area contributed by atoms with E-state index in [0.29, 0.717) is 22.2 Å². The predicted octanol–water partition coefficient (Wildman–Crippen LogP) is 5.00. The largest absolute Gasteiger partial charge is 0.323 e. The van der Waals surface area contributed by atoms with E-state index in [1.54, 1.807) is 24.4 Å². The van der Waals surface area contributed by atoms with Gasteiger partial charge in [0, 0.05) is 40.6 Å². The summed E-state index contributed by atoms with van der Waals surface area (Å²) in [5.74, 6) is 0.625. The van der Waals surface area contributed by atoms with Crippen LogP contribution in [0, 0.1) is 6.92 Å². The van der Waals surface area contributed by atoms with Crippen LogP contribution in [0.5, 0.6) is 0 Å². The molecule has 27 heavy (non-hydrogen) atoms. The van der Waals surface area contributed by atoms with E-state index in [9.17, 15) is 4.79 Å². The molecule has 0 radical (unpaired) electrons. The fourth-order valence-electron chi connectivity index (χ4n) is 2.75. The molecule has 0 unspecified atom stereocenters. The number of hydrogen-bond acceptors (Lipinski definition) is 3. The standard InChI is InChI=1S/C20H16ClN5O/c1-13-16(21)7-3-8-17(13)25-20(27)23-15-6-2-5-14(11-15)18-12-26-10-4-9-22-19(26)24-18/h2-12H,1H3,(H2,23,25,27). The second-order valence-electron chi connectivity index (χ2n) is 6.03. The van der Waals surface area contributed by atoms with Crippen molar-refractivity contribution in [1.29, 1.82) is 0 Å². The molecule has 2 aromatic carbocycles. The monoisotopic (exact) mass is 377 g/mol. The number of anilines is 2. The summed E-state index contributed by atoms with van der Waals surface area (Å²) in [6.45, 7) is 1.86. The Kier molecular flexibility index (Phi) is 4.48. The Morgan fingerprint density at radius 3 is 2.81 bits per heavy atom. The third kappa shape index (κ3) is 3.61. The molecule has 4 rings (SSSR count). The van der Waals surface area contributed by atoms with Gasteiger partial charge in [0.1, 0.15) is 0 Å². The molecule has 0 saturated heterocycles. The smallest absolute Gasteiger partial charge is 0.308 e. The van der Waals surface area contributed by atoms with Crippen molar-refractivity contribution in [2.24, 2.45) is 0 Å². The Morgan fingerprint density at radius 2 is 1.96 bits per heavy atom. The first-order valence-corrected chi connectivity index (χ1v) is 8.71. The number of aromatic nitrogens is 3. The highest BCUT2D eigenvalue weighted by Crippen LogP contribution is 2.24. The van der Waals surface area contributed by atoms with Gasteiger partial charge in [0.2, 0.25) is 5.78 Å². The van der Waals surface area contributed by atoms with Gasteiger partial charge >= 0.3 is 6.03 Å². The van der Waals surface area contributed by atoms with Crippen molar-refractivity contribution in [3.63, 3.8) is 0 Å². The average Bonchev–Trinajstić information content (AvgIpc) is 3.10. The van der Waals surface area contributed by atoms with Crippen molar-refractivity contribution in [1.82, 2.24) is 14.4 Å². The zero-order valence-electron chi connectivity index (χ0n) is 14.5. The van der Waals surface area contributed by atoms with Crippen molar-refractivity contribution >= 4 is 34.8 Å². The summed E-state index contributed by atoms with van der Waals surface area (Å²) >= 11 is 6.09.